The Balaban J connectivity index is 1.68. The zero-order valence-electron chi connectivity index (χ0n) is 12.7. The summed E-state index contributed by atoms with van der Waals surface area (Å²) >= 11 is 3.44. The quantitative estimate of drug-likeness (QED) is 0.521. The maximum atomic E-state index is 13.9. The van der Waals surface area contributed by atoms with Gasteiger partial charge in [-0.2, -0.15) is 4.57 Å². The molecule has 24 heavy (non-hydrogen) atoms. The van der Waals surface area contributed by atoms with Crippen LogP contribution in [-0.4, -0.2) is 9.97 Å². The highest BCUT2D eigenvalue weighted by Gasteiger charge is 2.12. The van der Waals surface area contributed by atoms with Crippen molar-refractivity contribution in [2.24, 2.45) is 0 Å². The Labute approximate surface area is 146 Å². The predicted octanol–water partition coefficient (Wildman–Crippen LogP) is 4.47. The van der Waals surface area contributed by atoms with Crippen LogP contribution in [0.2, 0.25) is 0 Å². The van der Waals surface area contributed by atoms with Gasteiger partial charge in [0.1, 0.15) is 22.7 Å². The maximum absolute atomic E-state index is 13.9. The lowest BCUT2D eigenvalue weighted by atomic mass is 10.2. The zero-order valence-corrected chi connectivity index (χ0v) is 14.3. The van der Waals surface area contributed by atoms with Crippen molar-refractivity contribution in [3.8, 4) is 11.4 Å². The minimum Gasteiger partial charge on any atom is -0.333 e. The van der Waals surface area contributed by atoms with Gasteiger partial charge in [0.2, 0.25) is 0 Å². The van der Waals surface area contributed by atoms with Crippen molar-refractivity contribution < 1.29 is 8.96 Å². The summed E-state index contributed by atoms with van der Waals surface area (Å²) in [6.45, 7) is 0.761. The summed E-state index contributed by atoms with van der Waals surface area (Å²) in [4.78, 5) is 7.70. The topological polar surface area (TPSA) is 32.6 Å². The Morgan fingerprint density at radius 1 is 1.04 bits per heavy atom. The van der Waals surface area contributed by atoms with E-state index in [1.165, 1.54) is 11.6 Å². The molecule has 0 fully saturated rings. The average molecular weight is 383 g/mol. The van der Waals surface area contributed by atoms with E-state index >= 15 is 0 Å². The van der Waals surface area contributed by atoms with Gasteiger partial charge >= 0.3 is 0 Å². The fourth-order valence-corrected chi connectivity index (χ4v) is 2.95. The number of pyridine rings is 1. The Morgan fingerprint density at radius 2 is 1.83 bits per heavy atom. The summed E-state index contributed by atoms with van der Waals surface area (Å²) in [5.41, 5.74) is 3.39. The minimum absolute atomic E-state index is 0.278. The van der Waals surface area contributed by atoms with Gasteiger partial charge in [0.05, 0.1) is 5.56 Å². The van der Waals surface area contributed by atoms with Crippen molar-refractivity contribution in [3.05, 3.63) is 82.8 Å². The van der Waals surface area contributed by atoms with Crippen LogP contribution in [0.5, 0.6) is 0 Å². The molecule has 0 bridgehead atoms. The number of fused-ring (bicyclic) bond motifs is 1. The van der Waals surface area contributed by atoms with E-state index in [9.17, 15) is 4.39 Å². The molecule has 5 heteroatoms. The van der Waals surface area contributed by atoms with Crippen LogP contribution in [0.4, 0.5) is 4.39 Å². The van der Waals surface area contributed by atoms with Gasteiger partial charge in [0.15, 0.2) is 18.9 Å². The predicted molar refractivity (Wildman–Crippen MR) is 94.9 cm³/mol. The number of nitrogens with zero attached hydrogens (tertiary/aromatic N) is 2. The molecule has 3 nitrogen and oxygen atoms in total. The van der Waals surface area contributed by atoms with E-state index in [4.69, 9.17) is 0 Å². The molecule has 2 heterocycles. The third-order valence-electron chi connectivity index (χ3n) is 3.89. The van der Waals surface area contributed by atoms with Crippen molar-refractivity contribution in [3.63, 3.8) is 0 Å². The maximum Gasteiger partial charge on any atom is 0.195 e. The van der Waals surface area contributed by atoms with E-state index in [-0.39, 0.29) is 5.82 Å². The van der Waals surface area contributed by atoms with Crippen molar-refractivity contribution in [1.82, 2.24) is 9.97 Å². The summed E-state index contributed by atoms with van der Waals surface area (Å²) in [6, 6.07) is 16.8. The van der Waals surface area contributed by atoms with E-state index in [2.05, 4.69) is 42.6 Å². The second-order valence-corrected chi connectivity index (χ2v) is 6.52. The van der Waals surface area contributed by atoms with Crippen LogP contribution in [-0.2, 0) is 6.54 Å². The van der Waals surface area contributed by atoms with E-state index in [1.54, 1.807) is 18.2 Å². The first-order valence-electron chi connectivity index (χ1n) is 7.57. The number of benzene rings is 2. The number of halogens is 2. The second-order valence-electron chi connectivity index (χ2n) is 5.61. The molecule has 0 atom stereocenters. The van der Waals surface area contributed by atoms with Crippen LogP contribution in [0.15, 0.2) is 71.5 Å². The Kier molecular flexibility index (Phi) is 3.86. The van der Waals surface area contributed by atoms with E-state index in [0.717, 1.165) is 22.1 Å². The van der Waals surface area contributed by atoms with Crippen molar-refractivity contribution >= 4 is 27.0 Å². The SMILES string of the molecule is Fc1ccccc1-c1nc2cc[n+](Cc3ccc(Br)cc3)cc2[nH]1. The van der Waals surface area contributed by atoms with Gasteiger partial charge < -0.3 is 4.98 Å². The summed E-state index contributed by atoms with van der Waals surface area (Å²) in [5, 5.41) is 0. The third-order valence-corrected chi connectivity index (χ3v) is 4.42. The van der Waals surface area contributed by atoms with Gasteiger partial charge in [0.25, 0.3) is 0 Å². The molecule has 0 aliphatic rings. The molecule has 2 aromatic heterocycles. The second kappa shape index (κ2) is 6.17. The van der Waals surface area contributed by atoms with Gasteiger partial charge in [-0.3, -0.25) is 0 Å². The molecule has 118 valence electrons. The molecule has 0 spiro atoms. The molecule has 0 saturated carbocycles. The summed E-state index contributed by atoms with van der Waals surface area (Å²) in [7, 11) is 0. The first-order chi connectivity index (χ1) is 11.7. The Morgan fingerprint density at radius 3 is 2.62 bits per heavy atom. The largest absolute Gasteiger partial charge is 0.333 e. The molecular weight excluding hydrogens is 369 g/mol. The van der Waals surface area contributed by atoms with Gasteiger partial charge in [-0.15, -0.1) is 0 Å². The number of nitrogens with one attached hydrogen (secondary N) is 1. The number of hydrogen-bond acceptors (Lipinski definition) is 1. The number of aromatic nitrogens is 3. The van der Waals surface area contributed by atoms with Crippen LogP contribution in [0, 0.1) is 5.82 Å². The molecule has 0 saturated heterocycles. The van der Waals surface area contributed by atoms with Crippen LogP contribution in [0.3, 0.4) is 0 Å². The number of hydrogen-bond donors (Lipinski definition) is 1. The van der Waals surface area contributed by atoms with Crippen molar-refractivity contribution in [2.45, 2.75) is 6.54 Å². The highest BCUT2D eigenvalue weighted by atomic mass is 79.9. The summed E-state index contributed by atoms with van der Waals surface area (Å²) in [5.74, 6) is 0.267. The molecular formula is C19H14BrFN3+. The first-order valence-corrected chi connectivity index (χ1v) is 8.36. The van der Waals surface area contributed by atoms with Crippen LogP contribution in [0.25, 0.3) is 22.4 Å². The smallest absolute Gasteiger partial charge is 0.195 e. The number of H-pyrrole nitrogens is 1. The van der Waals surface area contributed by atoms with E-state index in [0.29, 0.717) is 11.4 Å². The Hall–Kier alpha value is -2.53. The molecule has 0 radical (unpaired) electrons. The number of aromatic amines is 1. The number of rotatable bonds is 3. The Bertz CT molecular complexity index is 1010. The number of imidazole rings is 1. The molecule has 1 N–H and O–H groups in total. The normalized spacial score (nSPS) is 11.1. The molecule has 0 aliphatic heterocycles. The van der Waals surface area contributed by atoms with Gasteiger partial charge in [-0.1, -0.05) is 40.2 Å². The fraction of sp³-hybridized carbons (Fsp3) is 0.0526. The van der Waals surface area contributed by atoms with Crippen molar-refractivity contribution in [1.29, 1.82) is 0 Å². The molecule has 4 rings (SSSR count). The summed E-state index contributed by atoms with van der Waals surface area (Å²) in [6.07, 6.45) is 3.98. The van der Waals surface area contributed by atoms with E-state index in [1.807, 2.05) is 30.6 Å². The lowest BCUT2D eigenvalue weighted by Gasteiger charge is -1.98. The van der Waals surface area contributed by atoms with Crippen LogP contribution in [0.1, 0.15) is 5.56 Å². The third kappa shape index (κ3) is 2.95. The van der Waals surface area contributed by atoms with Gasteiger partial charge in [-0.25, -0.2) is 9.37 Å². The monoisotopic (exact) mass is 382 g/mol. The van der Waals surface area contributed by atoms with Gasteiger partial charge in [-0.05, 0) is 24.3 Å². The van der Waals surface area contributed by atoms with Crippen LogP contribution >= 0.6 is 15.9 Å². The lowest BCUT2D eigenvalue weighted by Crippen LogP contribution is -2.33. The molecule has 2 aromatic carbocycles. The molecule has 0 amide bonds. The fourth-order valence-electron chi connectivity index (χ4n) is 2.68. The van der Waals surface area contributed by atoms with Crippen molar-refractivity contribution in [2.75, 3.05) is 0 Å². The first kappa shape index (κ1) is 15.0. The zero-order chi connectivity index (χ0) is 16.5. The standard InChI is InChI=1S/C19H13BrFN3/c20-14-7-5-13(6-8-14)11-24-10-9-17-18(12-24)23-19(22-17)15-3-1-2-4-16(15)21/h1-10,12H,11H2/p+1. The minimum atomic E-state index is -0.278. The van der Waals surface area contributed by atoms with Crippen LogP contribution < -0.4 is 4.57 Å². The van der Waals surface area contributed by atoms with Gasteiger partial charge in [0, 0.05) is 16.1 Å². The lowest BCUT2D eigenvalue weighted by molar-refractivity contribution is -0.687. The molecule has 0 unspecified atom stereocenters. The molecule has 4 aromatic rings. The van der Waals surface area contributed by atoms with E-state index < -0.39 is 0 Å². The molecule has 0 aliphatic carbocycles. The highest BCUT2D eigenvalue weighted by Crippen LogP contribution is 2.22. The highest BCUT2D eigenvalue weighted by molar-refractivity contribution is 9.10. The average Bonchev–Trinajstić information content (AvgIpc) is 3.00. The summed E-state index contributed by atoms with van der Waals surface area (Å²) < 4.78 is 17.1.